The second kappa shape index (κ2) is 7.38. The summed E-state index contributed by atoms with van der Waals surface area (Å²) in [6.07, 6.45) is 0.771. The quantitative estimate of drug-likeness (QED) is 0.601. The molecule has 1 aliphatic rings. The summed E-state index contributed by atoms with van der Waals surface area (Å²) < 4.78 is 16.6. The number of aryl methyl sites for hydroxylation is 1. The van der Waals surface area contributed by atoms with Crippen LogP contribution in [-0.4, -0.2) is 30.1 Å². The highest BCUT2D eigenvalue weighted by Crippen LogP contribution is 2.41. The van der Waals surface area contributed by atoms with E-state index in [9.17, 15) is 14.9 Å². The Labute approximate surface area is 162 Å². The maximum absolute atomic E-state index is 12.3. The summed E-state index contributed by atoms with van der Waals surface area (Å²) in [5, 5.41) is 13.8. The number of fused-ring (bicyclic) bond motifs is 1. The Kier molecular flexibility index (Phi) is 5.13. The molecule has 8 heteroatoms. The van der Waals surface area contributed by atoms with Crippen molar-refractivity contribution in [2.45, 2.75) is 32.8 Å². The Bertz CT molecular complexity index is 939. The molecule has 0 aliphatic carbocycles. The molecule has 0 saturated carbocycles. The number of carbonyl (C=O) groups excluding carboxylic acids is 1. The first-order valence-electron chi connectivity index (χ1n) is 8.77. The van der Waals surface area contributed by atoms with E-state index in [1.54, 1.807) is 13.0 Å². The van der Waals surface area contributed by atoms with Gasteiger partial charge in [-0.3, -0.25) is 14.9 Å². The molecule has 8 nitrogen and oxygen atoms in total. The van der Waals surface area contributed by atoms with Gasteiger partial charge in [-0.25, -0.2) is 0 Å². The third kappa shape index (κ3) is 4.00. The van der Waals surface area contributed by atoms with Crippen molar-refractivity contribution in [1.29, 1.82) is 0 Å². The number of para-hydroxylation sites is 1. The van der Waals surface area contributed by atoms with E-state index in [1.807, 2.05) is 26.0 Å². The van der Waals surface area contributed by atoms with Crippen molar-refractivity contribution in [1.82, 2.24) is 0 Å². The Morgan fingerprint density at radius 1 is 1.32 bits per heavy atom. The Hall–Kier alpha value is -3.29. The lowest BCUT2D eigenvalue weighted by Gasteiger charge is -2.18. The van der Waals surface area contributed by atoms with E-state index in [1.165, 1.54) is 19.2 Å². The minimum Gasteiger partial charge on any atom is -0.490 e. The van der Waals surface area contributed by atoms with E-state index in [0.717, 1.165) is 12.0 Å². The van der Waals surface area contributed by atoms with Crippen molar-refractivity contribution in [2.24, 2.45) is 0 Å². The van der Waals surface area contributed by atoms with Crippen LogP contribution >= 0.6 is 0 Å². The van der Waals surface area contributed by atoms with Crippen molar-refractivity contribution >= 4 is 17.3 Å². The van der Waals surface area contributed by atoms with Crippen LogP contribution in [0.25, 0.3) is 0 Å². The molecule has 0 fully saturated rings. The van der Waals surface area contributed by atoms with Crippen LogP contribution in [0.15, 0.2) is 30.3 Å². The first-order chi connectivity index (χ1) is 13.2. The smallest absolute Gasteiger partial charge is 0.311 e. The topological polar surface area (TPSA) is 99.9 Å². The number of amides is 1. The van der Waals surface area contributed by atoms with Crippen molar-refractivity contribution in [2.75, 3.05) is 19.0 Å². The summed E-state index contributed by atoms with van der Waals surface area (Å²) in [4.78, 5) is 22.9. The normalized spacial score (nSPS) is 14.0. The number of nitro groups is 1. The van der Waals surface area contributed by atoms with E-state index in [4.69, 9.17) is 14.2 Å². The Morgan fingerprint density at radius 3 is 2.75 bits per heavy atom. The zero-order chi connectivity index (χ0) is 20.5. The number of hydrogen-bond donors (Lipinski definition) is 1. The molecular formula is C20H22N2O6. The fourth-order valence-corrected chi connectivity index (χ4v) is 3.14. The van der Waals surface area contributed by atoms with Gasteiger partial charge in [-0.15, -0.1) is 0 Å². The average Bonchev–Trinajstić information content (AvgIpc) is 2.95. The van der Waals surface area contributed by atoms with Gasteiger partial charge in [-0.2, -0.15) is 0 Å². The Morgan fingerprint density at radius 2 is 2.07 bits per heavy atom. The van der Waals surface area contributed by atoms with Crippen molar-refractivity contribution in [3.05, 3.63) is 51.6 Å². The number of ether oxygens (including phenoxy) is 3. The number of nitro benzene ring substituents is 1. The minimum atomic E-state index is -0.530. The van der Waals surface area contributed by atoms with Gasteiger partial charge in [0.05, 0.1) is 12.0 Å². The summed E-state index contributed by atoms with van der Waals surface area (Å²) in [7, 11) is 1.34. The third-order valence-corrected chi connectivity index (χ3v) is 4.41. The number of nitrogens with one attached hydrogen (secondary N) is 1. The van der Waals surface area contributed by atoms with Gasteiger partial charge < -0.3 is 19.5 Å². The average molecular weight is 386 g/mol. The summed E-state index contributed by atoms with van der Waals surface area (Å²) in [6.45, 7) is 5.43. The molecule has 1 heterocycles. The zero-order valence-electron chi connectivity index (χ0n) is 16.2. The molecule has 0 aromatic heterocycles. The van der Waals surface area contributed by atoms with Gasteiger partial charge in [-0.1, -0.05) is 12.1 Å². The molecule has 2 aromatic rings. The lowest BCUT2D eigenvalue weighted by molar-refractivity contribution is -0.385. The monoisotopic (exact) mass is 386 g/mol. The second-order valence-electron chi connectivity index (χ2n) is 7.22. The van der Waals surface area contributed by atoms with Gasteiger partial charge in [0.2, 0.25) is 0 Å². The predicted octanol–water partition coefficient (Wildman–Crippen LogP) is 3.64. The highest BCUT2D eigenvalue weighted by Gasteiger charge is 2.32. The molecule has 0 radical (unpaired) electrons. The SMILES string of the molecule is COc1cc(NC(=O)COc2cccc3c2OC(C)(C)C3)c(C)cc1[N+](=O)[O-]. The first kappa shape index (κ1) is 19.5. The number of anilines is 1. The molecule has 1 aliphatic heterocycles. The van der Waals surface area contributed by atoms with E-state index in [0.29, 0.717) is 22.7 Å². The number of benzene rings is 2. The van der Waals surface area contributed by atoms with Crippen LogP contribution in [0.1, 0.15) is 25.0 Å². The summed E-state index contributed by atoms with van der Waals surface area (Å²) in [6, 6.07) is 8.38. The van der Waals surface area contributed by atoms with Crippen molar-refractivity contribution < 1.29 is 23.9 Å². The third-order valence-electron chi connectivity index (χ3n) is 4.41. The molecule has 0 unspecified atom stereocenters. The second-order valence-corrected chi connectivity index (χ2v) is 7.22. The van der Waals surface area contributed by atoms with Gasteiger partial charge in [-0.05, 0) is 32.4 Å². The standard InChI is InChI=1S/C20H22N2O6/c1-12-8-15(22(24)25)17(26-4)9-14(12)21-18(23)11-27-16-7-5-6-13-10-20(2,3)28-19(13)16/h5-9H,10-11H2,1-4H3,(H,21,23). The van der Waals surface area contributed by atoms with Crippen LogP contribution in [0.5, 0.6) is 17.2 Å². The summed E-state index contributed by atoms with van der Waals surface area (Å²) in [5.41, 5.74) is 1.54. The fourth-order valence-electron chi connectivity index (χ4n) is 3.14. The van der Waals surface area contributed by atoms with Gasteiger partial charge in [0.15, 0.2) is 23.9 Å². The number of carbonyl (C=O) groups is 1. The number of methoxy groups -OCH3 is 1. The summed E-state index contributed by atoms with van der Waals surface area (Å²) >= 11 is 0. The van der Waals surface area contributed by atoms with Crippen LogP contribution in [0, 0.1) is 17.0 Å². The van der Waals surface area contributed by atoms with Crippen LogP contribution in [0.2, 0.25) is 0 Å². The minimum absolute atomic E-state index is 0.0725. The molecule has 3 rings (SSSR count). The molecular weight excluding hydrogens is 364 g/mol. The van der Waals surface area contributed by atoms with Crippen LogP contribution in [0.3, 0.4) is 0 Å². The number of rotatable bonds is 6. The first-order valence-corrected chi connectivity index (χ1v) is 8.77. The number of nitrogens with zero attached hydrogens (tertiary/aromatic N) is 1. The van der Waals surface area contributed by atoms with Crippen molar-refractivity contribution in [3.63, 3.8) is 0 Å². The predicted molar refractivity (Wildman–Crippen MR) is 103 cm³/mol. The molecule has 2 aromatic carbocycles. The zero-order valence-corrected chi connectivity index (χ0v) is 16.2. The van der Waals surface area contributed by atoms with Crippen LogP contribution < -0.4 is 19.5 Å². The maximum Gasteiger partial charge on any atom is 0.311 e. The van der Waals surface area contributed by atoms with Gasteiger partial charge in [0.25, 0.3) is 5.91 Å². The lowest BCUT2D eigenvalue weighted by Crippen LogP contribution is -2.25. The van der Waals surface area contributed by atoms with E-state index >= 15 is 0 Å². The molecule has 0 bridgehead atoms. The lowest BCUT2D eigenvalue weighted by atomic mass is 10.0. The van der Waals surface area contributed by atoms with Crippen LogP contribution in [-0.2, 0) is 11.2 Å². The molecule has 28 heavy (non-hydrogen) atoms. The van der Waals surface area contributed by atoms with Crippen molar-refractivity contribution in [3.8, 4) is 17.2 Å². The van der Waals surface area contributed by atoms with Gasteiger partial charge in [0, 0.05) is 29.8 Å². The molecule has 0 spiro atoms. The summed E-state index contributed by atoms with van der Waals surface area (Å²) in [5.74, 6) is 0.849. The largest absolute Gasteiger partial charge is 0.490 e. The molecule has 0 atom stereocenters. The van der Waals surface area contributed by atoms with E-state index in [2.05, 4.69) is 5.32 Å². The fraction of sp³-hybridized carbons (Fsp3) is 0.350. The van der Waals surface area contributed by atoms with Crippen LogP contribution in [0.4, 0.5) is 11.4 Å². The maximum atomic E-state index is 12.3. The van der Waals surface area contributed by atoms with Gasteiger partial charge in [0.1, 0.15) is 5.60 Å². The molecule has 1 N–H and O–H groups in total. The highest BCUT2D eigenvalue weighted by molar-refractivity contribution is 5.93. The number of hydrogen-bond acceptors (Lipinski definition) is 6. The molecule has 0 saturated heterocycles. The van der Waals surface area contributed by atoms with Gasteiger partial charge >= 0.3 is 5.69 Å². The van der Waals surface area contributed by atoms with E-state index in [-0.39, 0.29) is 23.6 Å². The highest BCUT2D eigenvalue weighted by atomic mass is 16.6. The molecule has 148 valence electrons. The Balaban J connectivity index is 1.70. The van der Waals surface area contributed by atoms with E-state index < -0.39 is 10.8 Å². The molecule has 1 amide bonds.